The van der Waals surface area contributed by atoms with Gasteiger partial charge in [0.2, 0.25) is 0 Å². The monoisotopic (exact) mass is 500 g/mol. The summed E-state index contributed by atoms with van der Waals surface area (Å²) in [7, 11) is 0. The molecule has 184 valence electrons. The van der Waals surface area contributed by atoms with Crippen LogP contribution in [0, 0.1) is 13.8 Å². The first-order chi connectivity index (χ1) is 17.4. The number of unbranched alkanes of at least 4 members (excludes halogenated alkanes) is 1. The maximum absolute atomic E-state index is 13.5. The van der Waals surface area contributed by atoms with Gasteiger partial charge in [-0.25, -0.2) is 9.69 Å². The summed E-state index contributed by atoms with van der Waals surface area (Å²) in [5, 5.41) is 3.17. The third kappa shape index (κ3) is 5.69. The summed E-state index contributed by atoms with van der Waals surface area (Å²) >= 11 is 1.25. The SMILES string of the molecule is CCCCOC(=O)c1ccc(N2C(=O)C(Nc3cccc(C)c3)=C(Sc3ccc(C)cc3)C2=O)cc1. The molecule has 1 aliphatic heterocycles. The first-order valence-corrected chi connectivity index (χ1v) is 12.7. The minimum Gasteiger partial charge on any atom is -0.462 e. The molecule has 6 nitrogen and oxygen atoms in total. The van der Waals surface area contributed by atoms with Gasteiger partial charge in [0.05, 0.1) is 17.9 Å². The van der Waals surface area contributed by atoms with E-state index in [9.17, 15) is 14.4 Å². The molecule has 2 amide bonds. The van der Waals surface area contributed by atoms with Crippen LogP contribution in [0.3, 0.4) is 0 Å². The average Bonchev–Trinajstić information content (AvgIpc) is 3.09. The van der Waals surface area contributed by atoms with Gasteiger partial charge in [0.15, 0.2) is 0 Å². The van der Waals surface area contributed by atoms with Crippen molar-refractivity contribution in [2.45, 2.75) is 38.5 Å². The Kier molecular flexibility index (Phi) is 7.90. The third-order valence-electron chi connectivity index (χ3n) is 5.66. The number of nitrogens with zero attached hydrogens (tertiary/aromatic N) is 1. The number of ether oxygens (including phenoxy) is 1. The van der Waals surface area contributed by atoms with Gasteiger partial charge in [-0.15, -0.1) is 0 Å². The van der Waals surface area contributed by atoms with Crippen LogP contribution >= 0.6 is 11.8 Å². The molecule has 0 saturated heterocycles. The molecule has 36 heavy (non-hydrogen) atoms. The number of esters is 1. The Morgan fingerprint density at radius 3 is 2.31 bits per heavy atom. The first-order valence-electron chi connectivity index (χ1n) is 11.9. The van der Waals surface area contributed by atoms with Crippen LogP contribution in [0.4, 0.5) is 11.4 Å². The molecule has 0 aromatic heterocycles. The van der Waals surface area contributed by atoms with Crippen LogP contribution in [-0.2, 0) is 14.3 Å². The highest BCUT2D eigenvalue weighted by Gasteiger charge is 2.40. The summed E-state index contributed by atoms with van der Waals surface area (Å²) in [4.78, 5) is 41.6. The molecule has 3 aromatic rings. The topological polar surface area (TPSA) is 75.7 Å². The van der Waals surface area contributed by atoms with Crippen molar-refractivity contribution in [2.75, 3.05) is 16.8 Å². The number of hydrogen-bond donors (Lipinski definition) is 1. The normalized spacial score (nSPS) is 13.4. The summed E-state index contributed by atoms with van der Waals surface area (Å²) in [6.07, 6.45) is 1.73. The number of rotatable bonds is 9. The highest BCUT2D eigenvalue weighted by Crippen LogP contribution is 2.38. The largest absolute Gasteiger partial charge is 0.462 e. The zero-order valence-electron chi connectivity index (χ0n) is 20.5. The van der Waals surface area contributed by atoms with Gasteiger partial charge in [0.25, 0.3) is 11.8 Å². The van der Waals surface area contributed by atoms with Crippen molar-refractivity contribution in [1.29, 1.82) is 0 Å². The van der Waals surface area contributed by atoms with E-state index in [2.05, 4.69) is 5.32 Å². The number of carbonyl (C=O) groups excluding carboxylic acids is 3. The van der Waals surface area contributed by atoms with Crippen molar-refractivity contribution in [2.24, 2.45) is 0 Å². The second-order valence-electron chi connectivity index (χ2n) is 8.60. The fourth-order valence-corrected chi connectivity index (χ4v) is 4.61. The summed E-state index contributed by atoms with van der Waals surface area (Å²) in [6.45, 7) is 6.34. The zero-order valence-corrected chi connectivity index (χ0v) is 21.4. The number of hydrogen-bond acceptors (Lipinski definition) is 6. The lowest BCUT2D eigenvalue weighted by atomic mass is 10.2. The highest BCUT2D eigenvalue weighted by atomic mass is 32.2. The number of nitrogens with one attached hydrogen (secondary N) is 1. The average molecular weight is 501 g/mol. The molecule has 3 aromatic carbocycles. The van der Waals surface area contributed by atoms with Crippen molar-refractivity contribution in [3.63, 3.8) is 0 Å². The van der Waals surface area contributed by atoms with Crippen molar-refractivity contribution >= 4 is 40.9 Å². The molecular formula is C29H28N2O4S. The highest BCUT2D eigenvalue weighted by molar-refractivity contribution is 8.04. The van der Waals surface area contributed by atoms with E-state index in [-0.39, 0.29) is 5.70 Å². The van der Waals surface area contributed by atoms with E-state index in [1.165, 1.54) is 11.8 Å². The molecule has 1 N–H and O–H groups in total. The van der Waals surface area contributed by atoms with Crippen molar-refractivity contribution in [3.05, 3.63) is 100 Å². The summed E-state index contributed by atoms with van der Waals surface area (Å²) in [5.74, 6) is -1.29. The molecule has 0 spiro atoms. The van der Waals surface area contributed by atoms with Crippen LogP contribution in [0.5, 0.6) is 0 Å². The quantitative estimate of drug-likeness (QED) is 0.213. The molecule has 0 fully saturated rings. The van der Waals surface area contributed by atoms with Crippen LogP contribution in [0.2, 0.25) is 0 Å². The second kappa shape index (κ2) is 11.3. The Bertz CT molecular complexity index is 1310. The van der Waals surface area contributed by atoms with E-state index in [1.54, 1.807) is 24.3 Å². The Morgan fingerprint density at radius 2 is 1.64 bits per heavy atom. The summed E-state index contributed by atoms with van der Waals surface area (Å²) < 4.78 is 5.25. The molecule has 0 aliphatic carbocycles. The minimum atomic E-state index is -0.450. The van der Waals surface area contributed by atoms with E-state index in [0.29, 0.717) is 22.8 Å². The summed E-state index contributed by atoms with van der Waals surface area (Å²) in [5.41, 5.74) is 3.84. The van der Waals surface area contributed by atoms with Crippen LogP contribution in [-0.4, -0.2) is 24.4 Å². The third-order valence-corrected chi connectivity index (χ3v) is 6.75. The Hall–Kier alpha value is -3.84. The van der Waals surface area contributed by atoms with Crippen molar-refractivity contribution < 1.29 is 19.1 Å². The lowest BCUT2D eigenvalue weighted by Gasteiger charge is -2.16. The van der Waals surface area contributed by atoms with Gasteiger partial charge in [-0.05, 0) is 74.4 Å². The van der Waals surface area contributed by atoms with Gasteiger partial charge >= 0.3 is 5.97 Å². The van der Waals surface area contributed by atoms with Crippen molar-refractivity contribution in [1.82, 2.24) is 0 Å². The van der Waals surface area contributed by atoms with Gasteiger partial charge in [-0.3, -0.25) is 9.59 Å². The Labute approximate surface area is 215 Å². The lowest BCUT2D eigenvalue weighted by molar-refractivity contribution is -0.120. The molecule has 0 bridgehead atoms. The van der Waals surface area contributed by atoms with Gasteiger partial charge in [0.1, 0.15) is 10.6 Å². The van der Waals surface area contributed by atoms with E-state index < -0.39 is 17.8 Å². The summed E-state index contributed by atoms with van der Waals surface area (Å²) in [6, 6.07) is 21.7. The molecular weight excluding hydrogens is 472 g/mol. The van der Waals surface area contributed by atoms with Crippen LogP contribution in [0.15, 0.2) is 88.3 Å². The molecule has 0 atom stereocenters. The second-order valence-corrected chi connectivity index (χ2v) is 9.68. The van der Waals surface area contributed by atoms with E-state index >= 15 is 0 Å². The van der Waals surface area contributed by atoms with Crippen LogP contribution < -0.4 is 10.2 Å². The fraction of sp³-hybridized carbons (Fsp3) is 0.207. The standard InChI is InChI=1S/C29H28N2O4S/c1-4-5-17-35-29(34)21-11-13-23(14-12-21)31-27(32)25(30-22-8-6-7-20(3)18-22)26(28(31)33)36-24-15-9-19(2)10-16-24/h6-16,18,30H,4-5,17H2,1-3H3. The van der Waals surface area contributed by atoms with Gasteiger partial charge in [0, 0.05) is 10.6 Å². The number of aryl methyl sites for hydroxylation is 2. The number of imide groups is 1. The lowest BCUT2D eigenvalue weighted by Crippen LogP contribution is -2.32. The van der Waals surface area contributed by atoms with Crippen LogP contribution in [0.25, 0.3) is 0 Å². The molecule has 0 saturated carbocycles. The zero-order chi connectivity index (χ0) is 25.7. The Morgan fingerprint density at radius 1 is 0.917 bits per heavy atom. The molecule has 7 heteroatoms. The Balaban J connectivity index is 1.63. The first kappa shape index (κ1) is 25.3. The maximum Gasteiger partial charge on any atom is 0.338 e. The smallest absolute Gasteiger partial charge is 0.338 e. The molecule has 1 aliphatic rings. The van der Waals surface area contributed by atoms with E-state index in [4.69, 9.17) is 4.74 Å². The number of carbonyl (C=O) groups is 3. The van der Waals surface area contributed by atoms with E-state index in [0.717, 1.165) is 39.5 Å². The minimum absolute atomic E-state index is 0.222. The molecule has 0 radical (unpaired) electrons. The number of benzene rings is 3. The number of thioether (sulfide) groups is 1. The predicted octanol–water partition coefficient (Wildman–Crippen LogP) is 6.25. The molecule has 1 heterocycles. The van der Waals surface area contributed by atoms with Crippen molar-refractivity contribution in [3.8, 4) is 0 Å². The van der Waals surface area contributed by atoms with Crippen LogP contribution in [0.1, 0.15) is 41.3 Å². The van der Waals surface area contributed by atoms with Gasteiger partial charge < -0.3 is 10.1 Å². The van der Waals surface area contributed by atoms with E-state index in [1.807, 2.05) is 69.3 Å². The number of anilines is 2. The fourth-order valence-electron chi connectivity index (χ4n) is 3.68. The maximum atomic E-state index is 13.5. The molecule has 0 unspecified atom stereocenters. The van der Waals surface area contributed by atoms with Gasteiger partial charge in [-0.1, -0.05) is 54.9 Å². The van der Waals surface area contributed by atoms with Gasteiger partial charge in [-0.2, -0.15) is 0 Å². The number of amides is 2. The molecule has 4 rings (SSSR count). The predicted molar refractivity (Wildman–Crippen MR) is 143 cm³/mol.